The first-order valence-electron chi connectivity index (χ1n) is 5.01. The van der Waals surface area contributed by atoms with Gasteiger partial charge >= 0.3 is 0 Å². The third-order valence-corrected chi connectivity index (χ3v) is 2.39. The van der Waals surface area contributed by atoms with Crippen LogP contribution in [0.5, 0.6) is 0 Å². The van der Waals surface area contributed by atoms with Crippen molar-refractivity contribution in [2.24, 2.45) is 11.8 Å². The monoisotopic (exact) mass is 245 g/mol. The number of aliphatic hydroxyl groups excluding tert-OH is 1. The Morgan fingerprint density at radius 1 is 1.62 bits per heavy atom. The fraction of sp³-hybridized carbons (Fsp3) is 0.556. The molecule has 90 valence electrons. The average Bonchev–Trinajstić information content (AvgIpc) is 2.28. The zero-order chi connectivity index (χ0) is 12.0. The van der Waals surface area contributed by atoms with Crippen LogP contribution in [0.1, 0.15) is 13.3 Å². The lowest BCUT2D eigenvalue weighted by atomic mass is 10.1. The summed E-state index contributed by atoms with van der Waals surface area (Å²) >= 11 is 5.91. The lowest BCUT2D eigenvalue weighted by molar-refractivity contribution is 0.266. The summed E-state index contributed by atoms with van der Waals surface area (Å²) in [5.41, 5.74) is 2.35. The molecule has 1 unspecified atom stereocenters. The van der Waals surface area contributed by atoms with Crippen molar-refractivity contribution >= 4 is 23.4 Å². The van der Waals surface area contributed by atoms with Gasteiger partial charge in [0, 0.05) is 13.2 Å². The van der Waals surface area contributed by atoms with Crippen LogP contribution in [0, 0.1) is 5.92 Å². The van der Waals surface area contributed by atoms with E-state index >= 15 is 0 Å². The molecular weight excluding hydrogens is 230 g/mol. The van der Waals surface area contributed by atoms with Crippen molar-refractivity contribution in [1.82, 2.24) is 9.97 Å². The third kappa shape index (κ3) is 3.80. The summed E-state index contributed by atoms with van der Waals surface area (Å²) in [5, 5.41) is 12.3. The molecule has 0 fully saturated rings. The highest BCUT2D eigenvalue weighted by Crippen LogP contribution is 2.19. The largest absolute Gasteiger partial charge is 0.396 e. The maximum atomic E-state index is 8.76. The number of aliphatic hydroxyl groups is 1. The van der Waals surface area contributed by atoms with Crippen molar-refractivity contribution < 1.29 is 5.11 Å². The summed E-state index contributed by atoms with van der Waals surface area (Å²) in [5.74, 6) is 6.38. The molecule has 1 heterocycles. The second-order valence-electron chi connectivity index (χ2n) is 3.53. The van der Waals surface area contributed by atoms with Crippen molar-refractivity contribution in [3.63, 3.8) is 0 Å². The molecule has 6 nitrogen and oxygen atoms in total. The SMILES string of the molecule is CC(CCO)CNc1nc(NN)ncc1Cl. The van der Waals surface area contributed by atoms with Crippen LogP contribution in [0.2, 0.25) is 5.02 Å². The number of nitrogens with two attached hydrogens (primary N) is 1. The minimum atomic E-state index is 0.177. The molecule has 0 bridgehead atoms. The van der Waals surface area contributed by atoms with Gasteiger partial charge in [0.05, 0.1) is 6.20 Å². The Labute approximate surface area is 99.2 Å². The van der Waals surface area contributed by atoms with Gasteiger partial charge in [0.15, 0.2) is 5.82 Å². The second kappa shape index (κ2) is 6.47. The van der Waals surface area contributed by atoms with E-state index in [4.69, 9.17) is 22.6 Å². The second-order valence-corrected chi connectivity index (χ2v) is 3.94. The zero-order valence-electron chi connectivity index (χ0n) is 9.07. The fourth-order valence-corrected chi connectivity index (χ4v) is 1.31. The van der Waals surface area contributed by atoms with Gasteiger partial charge in [0.25, 0.3) is 0 Å². The highest BCUT2D eigenvalue weighted by atomic mass is 35.5. The molecule has 0 aliphatic heterocycles. The molecule has 5 N–H and O–H groups in total. The van der Waals surface area contributed by atoms with E-state index in [0.29, 0.717) is 29.3 Å². The molecule has 7 heteroatoms. The standard InChI is InChI=1S/C9H16ClN5O/c1-6(2-3-16)4-12-8-7(10)5-13-9(14-8)15-11/h5-6,16H,2-4,11H2,1H3,(H2,12,13,14,15). The van der Waals surface area contributed by atoms with E-state index in [2.05, 4.69) is 20.7 Å². The van der Waals surface area contributed by atoms with E-state index in [-0.39, 0.29) is 6.61 Å². The summed E-state index contributed by atoms with van der Waals surface area (Å²) in [4.78, 5) is 7.93. The van der Waals surface area contributed by atoms with Crippen LogP contribution < -0.4 is 16.6 Å². The molecule has 0 saturated heterocycles. The number of halogens is 1. The number of hydrogen-bond donors (Lipinski definition) is 4. The molecule has 1 rings (SSSR count). The molecule has 1 aromatic rings. The van der Waals surface area contributed by atoms with Crippen LogP contribution in [-0.4, -0.2) is 28.2 Å². The van der Waals surface area contributed by atoms with Gasteiger partial charge < -0.3 is 10.4 Å². The summed E-state index contributed by atoms with van der Waals surface area (Å²) in [6.45, 7) is 2.89. The predicted molar refractivity (Wildman–Crippen MR) is 64.2 cm³/mol. The van der Waals surface area contributed by atoms with Gasteiger partial charge in [-0.3, -0.25) is 5.43 Å². The normalized spacial score (nSPS) is 12.2. The van der Waals surface area contributed by atoms with Crippen LogP contribution in [0.3, 0.4) is 0 Å². The first kappa shape index (κ1) is 13.0. The molecule has 0 aliphatic carbocycles. The Balaban J connectivity index is 2.58. The third-order valence-electron chi connectivity index (χ3n) is 2.11. The fourth-order valence-electron chi connectivity index (χ4n) is 1.15. The highest BCUT2D eigenvalue weighted by molar-refractivity contribution is 6.32. The molecule has 0 aliphatic rings. The number of nitrogens with one attached hydrogen (secondary N) is 2. The Morgan fingerprint density at radius 3 is 3.00 bits per heavy atom. The van der Waals surface area contributed by atoms with E-state index in [1.807, 2.05) is 6.92 Å². The molecule has 0 saturated carbocycles. The maximum Gasteiger partial charge on any atom is 0.239 e. The number of nitrogens with zero attached hydrogens (tertiary/aromatic N) is 2. The molecule has 1 atom stereocenters. The smallest absolute Gasteiger partial charge is 0.239 e. The van der Waals surface area contributed by atoms with Gasteiger partial charge in [0.2, 0.25) is 5.95 Å². The van der Waals surface area contributed by atoms with E-state index in [0.717, 1.165) is 6.42 Å². The van der Waals surface area contributed by atoms with Crippen LogP contribution >= 0.6 is 11.6 Å². The van der Waals surface area contributed by atoms with Crippen LogP contribution in [0.25, 0.3) is 0 Å². The zero-order valence-corrected chi connectivity index (χ0v) is 9.83. The van der Waals surface area contributed by atoms with E-state index < -0.39 is 0 Å². The van der Waals surface area contributed by atoms with Gasteiger partial charge in [-0.05, 0) is 12.3 Å². The number of hydrogen-bond acceptors (Lipinski definition) is 6. The van der Waals surface area contributed by atoms with Crippen molar-refractivity contribution in [3.8, 4) is 0 Å². The van der Waals surface area contributed by atoms with Gasteiger partial charge in [0.1, 0.15) is 5.02 Å². The number of hydrazine groups is 1. The molecule has 16 heavy (non-hydrogen) atoms. The molecule has 0 amide bonds. The van der Waals surface area contributed by atoms with Crippen LogP contribution in [0.4, 0.5) is 11.8 Å². The summed E-state index contributed by atoms with van der Waals surface area (Å²) < 4.78 is 0. The van der Waals surface area contributed by atoms with E-state index in [1.165, 1.54) is 6.20 Å². The van der Waals surface area contributed by atoms with Gasteiger partial charge in [-0.1, -0.05) is 18.5 Å². The Bertz CT molecular complexity index is 336. The summed E-state index contributed by atoms with van der Waals surface area (Å²) in [6.07, 6.45) is 2.21. The Morgan fingerprint density at radius 2 is 2.38 bits per heavy atom. The van der Waals surface area contributed by atoms with Crippen molar-refractivity contribution in [1.29, 1.82) is 0 Å². The van der Waals surface area contributed by atoms with Crippen LogP contribution in [-0.2, 0) is 0 Å². The number of anilines is 2. The van der Waals surface area contributed by atoms with Crippen molar-refractivity contribution in [2.45, 2.75) is 13.3 Å². The highest BCUT2D eigenvalue weighted by Gasteiger charge is 2.06. The molecule has 0 spiro atoms. The Hall–Kier alpha value is -1.11. The number of nitrogen functional groups attached to an aromatic ring is 1. The van der Waals surface area contributed by atoms with E-state index in [1.54, 1.807) is 0 Å². The summed E-state index contributed by atoms with van der Waals surface area (Å²) in [6, 6.07) is 0. The number of aromatic nitrogens is 2. The lowest BCUT2D eigenvalue weighted by Gasteiger charge is -2.12. The minimum Gasteiger partial charge on any atom is -0.396 e. The average molecular weight is 246 g/mol. The predicted octanol–water partition coefficient (Wildman–Crippen LogP) is 0.846. The van der Waals surface area contributed by atoms with Crippen molar-refractivity contribution in [3.05, 3.63) is 11.2 Å². The van der Waals surface area contributed by atoms with Gasteiger partial charge in [-0.15, -0.1) is 0 Å². The minimum absolute atomic E-state index is 0.177. The number of rotatable bonds is 6. The van der Waals surface area contributed by atoms with Gasteiger partial charge in [-0.2, -0.15) is 4.98 Å². The van der Waals surface area contributed by atoms with Crippen LogP contribution in [0.15, 0.2) is 6.20 Å². The first-order chi connectivity index (χ1) is 7.67. The quantitative estimate of drug-likeness (QED) is 0.438. The molecule has 0 aromatic carbocycles. The molecule has 1 aromatic heterocycles. The van der Waals surface area contributed by atoms with E-state index in [9.17, 15) is 0 Å². The Kier molecular flexibility index (Phi) is 5.24. The molecule has 0 radical (unpaired) electrons. The van der Waals surface area contributed by atoms with Gasteiger partial charge in [-0.25, -0.2) is 10.8 Å². The molecular formula is C9H16ClN5O. The topological polar surface area (TPSA) is 96.1 Å². The first-order valence-corrected chi connectivity index (χ1v) is 5.39. The maximum absolute atomic E-state index is 8.76. The van der Waals surface area contributed by atoms with Crippen molar-refractivity contribution in [2.75, 3.05) is 23.9 Å². The summed E-state index contributed by atoms with van der Waals surface area (Å²) in [7, 11) is 0. The lowest BCUT2D eigenvalue weighted by Crippen LogP contribution is -2.16.